The third-order valence-corrected chi connectivity index (χ3v) is 3.63. The maximum Gasteiger partial charge on any atom is 0.143 e. The van der Waals surface area contributed by atoms with Crippen LogP contribution in [0.3, 0.4) is 0 Å². The molecule has 1 aromatic carbocycles. The molecule has 1 unspecified atom stereocenters. The fraction of sp³-hybridized carbons (Fsp3) is 0.529. The first-order valence-corrected chi connectivity index (χ1v) is 7.69. The van der Waals surface area contributed by atoms with Crippen LogP contribution in [0.25, 0.3) is 0 Å². The minimum atomic E-state index is 0.0737. The topological polar surface area (TPSA) is 21.3 Å². The molecule has 20 heavy (non-hydrogen) atoms. The van der Waals surface area contributed by atoms with Gasteiger partial charge in [-0.2, -0.15) is 0 Å². The van der Waals surface area contributed by atoms with Gasteiger partial charge in [-0.05, 0) is 52.2 Å². The quantitative estimate of drug-likeness (QED) is 0.811. The Bertz CT molecular complexity index is 476. The largest absolute Gasteiger partial charge is 0.484 e. The monoisotopic (exact) mass is 293 g/mol. The third kappa shape index (κ3) is 4.53. The molecule has 0 bridgehead atoms. The Morgan fingerprint density at radius 2 is 2.15 bits per heavy atom. The molecule has 2 nitrogen and oxygen atoms in total. The predicted octanol–water partition coefficient (Wildman–Crippen LogP) is 4.72. The van der Waals surface area contributed by atoms with Gasteiger partial charge in [0.05, 0.1) is 5.02 Å². The van der Waals surface area contributed by atoms with Crippen LogP contribution in [-0.2, 0) is 6.54 Å². The normalized spacial score (nSPS) is 19.1. The highest BCUT2D eigenvalue weighted by Gasteiger charge is 2.16. The molecule has 1 aliphatic rings. The van der Waals surface area contributed by atoms with Crippen molar-refractivity contribution in [1.82, 2.24) is 5.32 Å². The molecular weight excluding hydrogens is 270 g/mol. The highest BCUT2D eigenvalue weighted by molar-refractivity contribution is 6.32. The Labute approximate surface area is 127 Å². The molecule has 0 fully saturated rings. The summed E-state index contributed by atoms with van der Waals surface area (Å²) in [5.41, 5.74) is 1.19. The van der Waals surface area contributed by atoms with Gasteiger partial charge >= 0.3 is 0 Å². The molecule has 1 atom stereocenters. The fourth-order valence-corrected chi connectivity index (χ4v) is 2.45. The number of ether oxygens (including phenoxy) is 1. The molecule has 3 heteroatoms. The molecule has 0 heterocycles. The molecule has 0 saturated carbocycles. The Balaban J connectivity index is 2.13. The zero-order valence-electron chi connectivity index (χ0n) is 12.6. The van der Waals surface area contributed by atoms with E-state index in [-0.39, 0.29) is 11.6 Å². The second-order valence-corrected chi connectivity index (χ2v) is 6.75. The van der Waals surface area contributed by atoms with Gasteiger partial charge in [0.2, 0.25) is 0 Å². The Kier molecular flexibility index (Phi) is 5.11. The molecule has 2 rings (SSSR count). The molecule has 0 amide bonds. The summed E-state index contributed by atoms with van der Waals surface area (Å²) in [7, 11) is 0. The average molecular weight is 294 g/mol. The van der Waals surface area contributed by atoms with Crippen molar-refractivity contribution in [1.29, 1.82) is 0 Å². The second-order valence-electron chi connectivity index (χ2n) is 6.35. The van der Waals surface area contributed by atoms with Crippen LogP contribution in [0.15, 0.2) is 30.4 Å². The lowest BCUT2D eigenvalue weighted by Crippen LogP contribution is -2.35. The summed E-state index contributed by atoms with van der Waals surface area (Å²) in [4.78, 5) is 0. The minimum absolute atomic E-state index is 0.0737. The van der Waals surface area contributed by atoms with E-state index in [0.29, 0.717) is 5.02 Å². The molecule has 110 valence electrons. The summed E-state index contributed by atoms with van der Waals surface area (Å²) >= 11 is 6.32. The van der Waals surface area contributed by atoms with Crippen LogP contribution in [0.2, 0.25) is 5.02 Å². The van der Waals surface area contributed by atoms with E-state index in [0.717, 1.165) is 30.7 Å². The highest BCUT2D eigenvalue weighted by atomic mass is 35.5. The Morgan fingerprint density at radius 1 is 1.35 bits per heavy atom. The number of hydrogen-bond donors (Lipinski definition) is 1. The van der Waals surface area contributed by atoms with Crippen LogP contribution in [0.1, 0.15) is 45.6 Å². The van der Waals surface area contributed by atoms with Gasteiger partial charge in [0, 0.05) is 17.6 Å². The zero-order valence-corrected chi connectivity index (χ0v) is 13.3. The lowest BCUT2D eigenvalue weighted by molar-refractivity contribution is 0.227. The van der Waals surface area contributed by atoms with E-state index in [9.17, 15) is 0 Å². The van der Waals surface area contributed by atoms with Gasteiger partial charge in [-0.15, -0.1) is 0 Å². The average Bonchev–Trinajstić information content (AvgIpc) is 2.40. The summed E-state index contributed by atoms with van der Waals surface area (Å²) < 4.78 is 6.12. The van der Waals surface area contributed by atoms with Crippen LogP contribution in [-0.4, -0.2) is 11.6 Å². The maximum atomic E-state index is 6.32. The summed E-state index contributed by atoms with van der Waals surface area (Å²) in [6, 6.07) is 5.95. The van der Waals surface area contributed by atoms with Crippen molar-refractivity contribution in [2.75, 3.05) is 0 Å². The molecule has 1 aromatic rings. The molecule has 1 N–H and O–H groups in total. The lowest BCUT2D eigenvalue weighted by Gasteiger charge is -2.24. The van der Waals surface area contributed by atoms with Crippen molar-refractivity contribution in [3.05, 3.63) is 40.9 Å². The third-order valence-electron chi connectivity index (χ3n) is 3.34. The van der Waals surface area contributed by atoms with Crippen molar-refractivity contribution >= 4 is 11.6 Å². The summed E-state index contributed by atoms with van der Waals surface area (Å²) in [6.07, 6.45) is 7.89. The SMILES string of the molecule is CC(C)(C)NCc1cccc(Cl)c1OC1C=CCCC1. The number of rotatable bonds is 4. The summed E-state index contributed by atoms with van der Waals surface area (Å²) in [6.45, 7) is 7.22. The fourth-order valence-electron chi connectivity index (χ4n) is 2.22. The number of nitrogens with one attached hydrogen (secondary N) is 1. The summed E-state index contributed by atoms with van der Waals surface area (Å²) in [5, 5.41) is 4.18. The van der Waals surface area contributed by atoms with Crippen molar-refractivity contribution in [3.8, 4) is 5.75 Å². The van der Waals surface area contributed by atoms with E-state index < -0.39 is 0 Å². The van der Waals surface area contributed by atoms with Crippen molar-refractivity contribution < 1.29 is 4.74 Å². The van der Waals surface area contributed by atoms with Crippen LogP contribution < -0.4 is 10.1 Å². The van der Waals surface area contributed by atoms with Gasteiger partial charge in [0.25, 0.3) is 0 Å². The Hall–Kier alpha value is -0.990. The minimum Gasteiger partial charge on any atom is -0.484 e. The van der Waals surface area contributed by atoms with Gasteiger partial charge < -0.3 is 10.1 Å². The van der Waals surface area contributed by atoms with E-state index in [1.54, 1.807) is 0 Å². The first-order valence-electron chi connectivity index (χ1n) is 7.31. The Morgan fingerprint density at radius 3 is 2.80 bits per heavy atom. The van der Waals surface area contributed by atoms with E-state index in [1.165, 1.54) is 6.42 Å². The first-order chi connectivity index (χ1) is 9.46. The van der Waals surface area contributed by atoms with Gasteiger partial charge in [-0.3, -0.25) is 0 Å². The number of hydrogen-bond acceptors (Lipinski definition) is 2. The van der Waals surface area contributed by atoms with Crippen molar-refractivity contribution in [2.24, 2.45) is 0 Å². The van der Waals surface area contributed by atoms with Gasteiger partial charge in [-0.1, -0.05) is 29.8 Å². The molecule has 0 saturated heterocycles. The van der Waals surface area contributed by atoms with Gasteiger partial charge in [0.1, 0.15) is 11.9 Å². The van der Waals surface area contributed by atoms with Crippen molar-refractivity contribution in [3.63, 3.8) is 0 Å². The maximum absolute atomic E-state index is 6.32. The van der Waals surface area contributed by atoms with Crippen LogP contribution >= 0.6 is 11.6 Å². The van der Waals surface area contributed by atoms with Crippen LogP contribution in [0, 0.1) is 0 Å². The number of benzene rings is 1. The molecule has 0 spiro atoms. The number of allylic oxidation sites excluding steroid dienone is 1. The highest BCUT2D eigenvalue weighted by Crippen LogP contribution is 2.31. The lowest BCUT2D eigenvalue weighted by atomic mass is 10.0. The molecule has 0 aromatic heterocycles. The van der Waals surface area contributed by atoms with Crippen LogP contribution in [0.4, 0.5) is 0 Å². The first kappa shape index (κ1) is 15.4. The van der Waals surface area contributed by atoms with E-state index >= 15 is 0 Å². The van der Waals surface area contributed by atoms with Gasteiger partial charge in [-0.25, -0.2) is 0 Å². The zero-order chi connectivity index (χ0) is 14.6. The smallest absolute Gasteiger partial charge is 0.143 e. The van der Waals surface area contributed by atoms with Crippen molar-refractivity contribution in [2.45, 2.75) is 58.2 Å². The standard InChI is InChI=1S/C17H24ClNO/c1-17(2,3)19-12-13-8-7-11-15(18)16(13)20-14-9-5-4-6-10-14/h5,7-9,11,14,19H,4,6,10,12H2,1-3H3. The van der Waals surface area contributed by atoms with E-state index in [2.05, 4.69) is 44.3 Å². The summed E-state index contributed by atoms with van der Waals surface area (Å²) in [5.74, 6) is 0.822. The van der Waals surface area contributed by atoms with Gasteiger partial charge in [0.15, 0.2) is 0 Å². The predicted molar refractivity (Wildman–Crippen MR) is 85.5 cm³/mol. The van der Waals surface area contributed by atoms with Crippen LogP contribution in [0.5, 0.6) is 5.75 Å². The molecule has 0 aliphatic heterocycles. The van der Waals surface area contributed by atoms with E-state index in [1.807, 2.05) is 12.1 Å². The molecule has 0 radical (unpaired) electrons. The second kappa shape index (κ2) is 6.64. The molecular formula is C17H24ClNO. The molecule has 1 aliphatic carbocycles. The number of halogens is 1. The van der Waals surface area contributed by atoms with E-state index in [4.69, 9.17) is 16.3 Å². The number of para-hydroxylation sites is 1.